The molecule has 2 heterocycles. The van der Waals surface area contributed by atoms with Gasteiger partial charge in [0.05, 0.1) is 11.2 Å². The van der Waals surface area contributed by atoms with E-state index in [2.05, 4.69) is 45.0 Å². The van der Waals surface area contributed by atoms with E-state index < -0.39 is 0 Å². The number of para-hydroxylation sites is 1. The van der Waals surface area contributed by atoms with Crippen LogP contribution < -0.4 is 15.8 Å². The minimum atomic E-state index is 0.650. The Bertz CT molecular complexity index is 592. The Hall–Kier alpha value is -1.68. The molecule has 2 aliphatic rings. The van der Waals surface area contributed by atoms with Crippen molar-refractivity contribution in [3.05, 3.63) is 24.3 Å². The number of nitrogens with zero attached hydrogens (tertiary/aromatic N) is 1. The number of fused-ring (bicyclic) bond motifs is 1. The van der Waals surface area contributed by atoms with Crippen molar-refractivity contribution in [1.82, 2.24) is 10.4 Å². The van der Waals surface area contributed by atoms with Crippen LogP contribution in [0.2, 0.25) is 0 Å². The molecule has 4 nitrogen and oxygen atoms in total. The summed E-state index contributed by atoms with van der Waals surface area (Å²) in [5, 5.41) is 7.23. The Morgan fingerprint density at radius 1 is 1.15 bits per heavy atom. The average molecular weight is 270 g/mol. The smallest absolute Gasteiger partial charge is 0.121 e. The quantitative estimate of drug-likeness (QED) is 0.802. The van der Waals surface area contributed by atoms with Crippen LogP contribution in [0.3, 0.4) is 0 Å². The summed E-state index contributed by atoms with van der Waals surface area (Å²) in [4.78, 5) is 3.58. The molecule has 1 saturated heterocycles. The van der Waals surface area contributed by atoms with Crippen LogP contribution in [-0.2, 0) is 0 Å². The Balaban J connectivity index is 1.66. The van der Waals surface area contributed by atoms with E-state index >= 15 is 0 Å². The standard InChI is InChI=1S/C16H22N4/c1-2-7-13(6-1)18-14-8-3-5-12-11-15(19-16(12)14)20-10-4-9-17-20/h3,5,8,11,13,17-19H,1-2,4,6-7,9-10H2. The molecule has 3 N–H and O–H groups in total. The molecule has 0 unspecified atom stereocenters. The lowest BCUT2D eigenvalue weighted by Gasteiger charge is -2.15. The number of benzene rings is 1. The van der Waals surface area contributed by atoms with E-state index in [-0.39, 0.29) is 0 Å². The number of rotatable bonds is 3. The third-order valence-electron chi connectivity index (χ3n) is 4.51. The van der Waals surface area contributed by atoms with E-state index in [1.54, 1.807) is 0 Å². The molecule has 4 heteroatoms. The summed E-state index contributed by atoms with van der Waals surface area (Å²) in [5.74, 6) is 1.18. The van der Waals surface area contributed by atoms with Crippen LogP contribution in [0.4, 0.5) is 11.5 Å². The number of anilines is 2. The Labute approximate surface area is 119 Å². The van der Waals surface area contributed by atoms with Crippen molar-refractivity contribution in [2.45, 2.75) is 38.1 Å². The van der Waals surface area contributed by atoms with Crippen LogP contribution in [0.5, 0.6) is 0 Å². The Morgan fingerprint density at radius 3 is 2.85 bits per heavy atom. The summed E-state index contributed by atoms with van der Waals surface area (Å²) < 4.78 is 0. The lowest BCUT2D eigenvalue weighted by atomic mass is 10.2. The molecule has 1 saturated carbocycles. The predicted octanol–water partition coefficient (Wildman–Crippen LogP) is 3.24. The molecule has 106 valence electrons. The van der Waals surface area contributed by atoms with Crippen molar-refractivity contribution in [1.29, 1.82) is 0 Å². The summed E-state index contributed by atoms with van der Waals surface area (Å²) >= 11 is 0. The zero-order valence-corrected chi connectivity index (χ0v) is 11.8. The van der Waals surface area contributed by atoms with Crippen LogP contribution in [-0.4, -0.2) is 24.1 Å². The highest BCUT2D eigenvalue weighted by Gasteiger charge is 2.18. The second-order valence-corrected chi connectivity index (χ2v) is 5.96. The molecule has 0 bridgehead atoms. The zero-order valence-electron chi connectivity index (χ0n) is 11.8. The lowest BCUT2D eigenvalue weighted by molar-refractivity contribution is 0.756. The lowest BCUT2D eigenvalue weighted by Crippen LogP contribution is -2.30. The molecule has 2 aromatic rings. The van der Waals surface area contributed by atoms with E-state index in [0.29, 0.717) is 6.04 Å². The molecule has 1 aromatic carbocycles. The van der Waals surface area contributed by atoms with E-state index in [0.717, 1.165) is 13.1 Å². The topological polar surface area (TPSA) is 43.1 Å². The molecule has 2 fully saturated rings. The Morgan fingerprint density at radius 2 is 2.05 bits per heavy atom. The summed E-state index contributed by atoms with van der Waals surface area (Å²) in [6.07, 6.45) is 6.54. The van der Waals surface area contributed by atoms with Gasteiger partial charge >= 0.3 is 0 Å². The zero-order chi connectivity index (χ0) is 13.4. The van der Waals surface area contributed by atoms with Gasteiger partial charge < -0.3 is 10.3 Å². The van der Waals surface area contributed by atoms with Gasteiger partial charge in [-0.2, -0.15) is 0 Å². The number of hydrogen-bond acceptors (Lipinski definition) is 3. The van der Waals surface area contributed by atoms with Gasteiger partial charge in [0.2, 0.25) is 0 Å². The Kier molecular flexibility index (Phi) is 3.03. The average Bonchev–Trinajstić information content (AvgIpc) is 3.20. The van der Waals surface area contributed by atoms with Gasteiger partial charge in [0.1, 0.15) is 5.82 Å². The van der Waals surface area contributed by atoms with E-state index in [1.807, 2.05) is 0 Å². The molecule has 0 amide bonds. The molecular formula is C16H22N4. The third kappa shape index (κ3) is 2.14. The molecule has 1 aromatic heterocycles. The fourth-order valence-electron chi connectivity index (χ4n) is 3.43. The largest absolute Gasteiger partial charge is 0.381 e. The molecule has 20 heavy (non-hydrogen) atoms. The maximum atomic E-state index is 3.72. The predicted molar refractivity (Wildman–Crippen MR) is 84.1 cm³/mol. The van der Waals surface area contributed by atoms with Crippen LogP contribution in [0.15, 0.2) is 24.3 Å². The molecule has 1 aliphatic carbocycles. The highest BCUT2D eigenvalue weighted by atomic mass is 15.5. The van der Waals surface area contributed by atoms with E-state index in [1.165, 1.54) is 54.5 Å². The second-order valence-electron chi connectivity index (χ2n) is 5.96. The monoisotopic (exact) mass is 270 g/mol. The second kappa shape index (κ2) is 5.02. The van der Waals surface area contributed by atoms with Crippen molar-refractivity contribution in [3.63, 3.8) is 0 Å². The first-order chi connectivity index (χ1) is 9.90. The van der Waals surface area contributed by atoms with Gasteiger partial charge in [-0.3, -0.25) is 5.01 Å². The molecule has 4 rings (SSSR count). The number of H-pyrrole nitrogens is 1. The van der Waals surface area contributed by atoms with Crippen molar-refractivity contribution in [2.75, 3.05) is 23.4 Å². The van der Waals surface area contributed by atoms with Crippen LogP contribution in [0.1, 0.15) is 32.1 Å². The van der Waals surface area contributed by atoms with Crippen molar-refractivity contribution in [2.24, 2.45) is 0 Å². The SMILES string of the molecule is c1cc(NC2CCCC2)c2[nH]c(N3CCCN3)cc2c1. The first kappa shape index (κ1) is 12.1. The van der Waals surface area contributed by atoms with Gasteiger partial charge in [0, 0.05) is 24.5 Å². The summed E-state index contributed by atoms with van der Waals surface area (Å²) in [5.41, 5.74) is 5.90. The van der Waals surface area contributed by atoms with E-state index in [9.17, 15) is 0 Å². The van der Waals surface area contributed by atoms with Crippen molar-refractivity contribution in [3.8, 4) is 0 Å². The maximum absolute atomic E-state index is 3.72. The van der Waals surface area contributed by atoms with Crippen LogP contribution >= 0.6 is 0 Å². The number of aromatic amines is 1. The molecule has 0 radical (unpaired) electrons. The van der Waals surface area contributed by atoms with Gasteiger partial charge in [-0.05, 0) is 31.4 Å². The third-order valence-corrected chi connectivity index (χ3v) is 4.51. The number of aromatic nitrogens is 1. The van der Waals surface area contributed by atoms with Crippen LogP contribution in [0.25, 0.3) is 10.9 Å². The molecular weight excluding hydrogens is 248 g/mol. The summed E-state index contributed by atoms with van der Waals surface area (Å²) in [6.45, 7) is 2.15. The fraction of sp³-hybridized carbons (Fsp3) is 0.500. The summed E-state index contributed by atoms with van der Waals surface area (Å²) in [7, 11) is 0. The normalized spacial score (nSPS) is 20.1. The van der Waals surface area contributed by atoms with E-state index in [4.69, 9.17) is 0 Å². The number of nitrogens with one attached hydrogen (secondary N) is 3. The molecule has 0 spiro atoms. The van der Waals surface area contributed by atoms with Gasteiger partial charge in [-0.25, -0.2) is 5.43 Å². The van der Waals surface area contributed by atoms with Crippen molar-refractivity contribution < 1.29 is 0 Å². The van der Waals surface area contributed by atoms with Crippen LogP contribution in [0, 0.1) is 0 Å². The fourth-order valence-corrected chi connectivity index (χ4v) is 3.43. The van der Waals surface area contributed by atoms with Gasteiger partial charge in [-0.15, -0.1) is 0 Å². The van der Waals surface area contributed by atoms with Gasteiger partial charge in [0.15, 0.2) is 0 Å². The minimum absolute atomic E-state index is 0.650. The molecule has 1 aliphatic heterocycles. The number of hydrazine groups is 1. The summed E-state index contributed by atoms with van der Waals surface area (Å²) in [6, 6.07) is 9.42. The maximum Gasteiger partial charge on any atom is 0.121 e. The first-order valence-electron chi connectivity index (χ1n) is 7.79. The highest BCUT2D eigenvalue weighted by Crippen LogP contribution is 2.30. The van der Waals surface area contributed by atoms with Gasteiger partial charge in [-0.1, -0.05) is 25.0 Å². The number of hydrogen-bond donors (Lipinski definition) is 3. The molecule has 0 atom stereocenters. The van der Waals surface area contributed by atoms with Gasteiger partial charge in [0.25, 0.3) is 0 Å². The minimum Gasteiger partial charge on any atom is -0.381 e. The van der Waals surface area contributed by atoms with Crippen molar-refractivity contribution >= 4 is 22.4 Å². The highest BCUT2D eigenvalue weighted by molar-refractivity contribution is 5.94. The first-order valence-corrected chi connectivity index (χ1v) is 7.79.